The van der Waals surface area contributed by atoms with Gasteiger partial charge in [-0.1, -0.05) is 41.0 Å². The van der Waals surface area contributed by atoms with E-state index in [0.717, 1.165) is 30.1 Å². The highest BCUT2D eigenvalue weighted by molar-refractivity contribution is 6.48. The van der Waals surface area contributed by atoms with Crippen LogP contribution in [0.5, 0.6) is 0 Å². The minimum atomic E-state index is -0.373. The third kappa shape index (κ3) is 2.33. The van der Waals surface area contributed by atoms with Crippen molar-refractivity contribution in [2.75, 3.05) is 0 Å². The number of rotatable bonds is 0. The van der Waals surface area contributed by atoms with E-state index in [0.29, 0.717) is 34.7 Å². The van der Waals surface area contributed by atoms with Crippen LogP contribution in [0.25, 0.3) is 0 Å². The van der Waals surface area contributed by atoms with Crippen LogP contribution in [0.2, 0.25) is 0 Å². The number of carbonyl (C=O) groups is 2. The van der Waals surface area contributed by atoms with Crippen LogP contribution in [0.15, 0.2) is 23.0 Å². The van der Waals surface area contributed by atoms with Crippen molar-refractivity contribution >= 4 is 11.6 Å². The van der Waals surface area contributed by atoms with Gasteiger partial charge in [-0.3, -0.25) is 9.59 Å². The lowest BCUT2D eigenvalue weighted by Crippen LogP contribution is -2.66. The zero-order valence-corrected chi connectivity index (χ0v) is 19.7. The van der Waals surface area contributed by atoms with Gasteiger partial charge in [0.15, 0.2) is 0 Å². The highest BCUT2D eigenvalue weighted by Gasteiger charge is 2.69. The maximum Gasteiger partial charge on any atom is 0.232 e. The summed E-state index contributed by atoms with van der Waals surface area (Å²) >= 11 is 0. The van der Waals surface area contributed by atoms with E-state index in [1.807, 2.05) is 6.92 Å². The molecule has 1 spiro atoms. The molecule has 0 bridgehead atoms. The van der Waals surface area contributed by atoms with E-state index in [1.54, 1.807) is 0 Å². The van der Waals surface area contributed by atoms with E-state index in [4.69, 9.17) is 4.74 Å². The fourth-order valence-corrected chi connectivity index (χ4v) is 9.21. The van der Waals surface area contributed by atoms with E-state index < -0.39 is 0 Å². The van der Waals surface area contributed by atoms with Gasteiger partial charge in [0.2, 0.25) is 11.6 Å². The van der Waals surface area contributed by atoms with Crippen LogP contribution in [0.3, 0.4) is 0 Å². The Bertz CT molecular complexity index is 892. The molecule has 0 N–H and O–H groups in total. The second-order valence-electron chi connectivity index (χ2n) is 12.4. The van der Waals surface area contributed by atoms with Crippen LogP contribution in [0.1, 0.15) is 92.9 Å². The third-order valence-corrected chi connectivity index (χ3v) is 10.6. The molecule has 1 heterocycles. The summed E-state index contributed by atoms with van der Waals surface area (Å²) in [5.74, 6) is 1.78. The number of hydrogen-bond acceptors (Lipinski definition) is 3. The van der Waals surface area contributed by atoms with Crippen LogP contribution in [-0.4, -0.2) is 17.2 Å². The molecule has 0 saturated heterocycles. The molecule has 0 radical (unpaired) electrons. The molecule has 3 heteroatoms. The largest absolute Gasteiger partial charge is 0.485 e. The average Bonchev–Trinajstić information content (AvgIpc) is 3.07. The summed E-state index contributed by atoms with van der Waals surface area (Å²) < 4.78 is 6.92. The van der Waals surface area contributed by atoms with E-state index in [1.165, 1.54) is 38.2 Å². The predicted octanol–water partition coefficient (Wildman–Crippen LogP) is 6.18. The quantitative estimate of drug-likeness (QED) is 0.354. The number of fused-ring (bicyclic) bond motifs is 4. The summed E-state index contributed by atoms with van der Waals surface area (Å²) in [5, 5.41) is 0. The lowest BCUT2D eigenvalue weighted by molar-refractivity contribution is -0.239. The lowest BCUT2D eigenvalue weighted by Gasteiger charge is -2.68. The topological polar surface area (TPSA) is 43.4 Å². The zero-order valence-electron chi connectivity index (χ0n) is 19.7. The van der Waals surface area contributed by atoms with Crippen molar-refractivity contribution in [3.05, 3.63) is 23.0 Å². The van der Waals surface area contributed by atoms with Crippen molar-refractivity contribution in [1.82, 2.24) is 0 Å². The summed E-state index contributed by atoms with van der Waals surface area (Å²) in [5.41, 5.74) is 1.91. The zero-order chi connectivity index (χ0) is 21.7. The van der Waals surface area contributed by atoms with Crippen LogP contribution in [-0.2, 0) is 14.3 Å². The third-order valence-electron chi connectivity index (χ3n) is 10.6. The minimum Gasteiger partial charge on any atom is -0.485 e. The molecule has 0 aromatic rings. The Hall–Kier alpha value is -1.38. The fraction of sp³-hybridized carbons (Fsp3) is 0.778. The normalized spacial score (nSPS) is 47.4. The van der Waals surface area contributed by atoms with E-state index in [2.05, 4.69) is 34.6 Å². The molecule has 30 heavy (non-hydrogen) atoms. The van der Waals surface area contributed by atoms with Crippen molar-refractivity contribution in [3.63, 3.8) is 0 Å². The summed E-state index contributed by atoms with van der Waals surface area (Å²) in [6.07, 6.45) is 10.9. The number of ether oxygens (including phenoxy) is 1. The van der Waals surface area contributed by atoms with Crippen molar-refractivity contribution in [2.45, 2.75) is 98.5 Å². The molecule has 4 aliphatic carbocycles. The van der Waals surface area contributed by atoms with Crippen molar-refractivity contribution in [2.24, 2.45) is 34.0 Å². The van der Waals surface area contributed by atoms with Gasteiger partial charge >= 0.3 is 0 Å². The van der Waals surface area contributed by atoms with Gasteiger partial charge in [0.1, 0.15) is 11.4 Å². The summed E-state index contributed by atoms with van der Waals surface area (Å²) in [7, 11) is 0. The molecule has 0 aromatic carbocycles. The molecule has 3 fully saturated rings. The summed E-state index contributed by atoms with van der Waals surface area (Å²) in [4.78, 5) is 25.1. The van der Waals surface area contributed by atoms with Crippen molar-refractivity contribution in [1.29, 1.82) is 0 Å². The lowest BCUT2D eigenvalue weighted by atomic mass is 9.37. The standard InChI is InChI=1S/C27H38O3/c1-16-14-19(28)22(29)18-15-27(30-23(16)18)17(2)8-9-21-25(5)12-7-11-24(3,4)20(25)10-13-26(21,27)6/h14,17,20-21H,7-13,15H2,1-6H3/t17-,20-,21+,25-,26+,27-/m0/s1. The number of Topliss-reactive ketones (excluding diaryl/α,β-unsaturated/α-hetero) is 1. The van der Waals surface area contributed by atoms with Crippen LogP contribution >= 0.6 is 0 Å². The monoisotopic (exact) mass is 410 g/mol. The second kappa shape index (κ2) is 6.11. The maximum atomic E-state index is 12.8. The first-order valence-corrected chi connectivity index (χ1v) is 12.2. The molecule has 0 amide bonds. The Labute approximate surface area is 181 Å². The molecular formula is C27H38O3. The van der Waals surface area contributed by atoms with E-state index in [9.17, 15) is 9.59 Å². The molecular weight excluding hydrogens is 372 g/mol. The number of carbonyl (C=O) groups excluding carboxylic acids is 2. The van der Waals surface area contributed by atoms with Gasteiger partial charge in [-0.15, -0.1) is 0 Å². The first-order valence-electron chi connectivity index (χ1n) is 12.2. The Balaban J connectivity index is 1.58. The van der Waals surface area contributed by atoms with Crippen molar-refractivity contribution in [3.8, 4) is 0 Å². The van der Waals surface area contributed by atoms with Gasteiger partial charge < -0.3 is 4.74 Å². The minimum absolute atomic E-state index is 0.0320. The molecule has 1 aliphatic heterocycles. The Morgan fingerprint density at radius 3 is 2.43 bits per heavy atom. The van der Waals surface area contributed by atoms with Crippen LogP contribution in [0, 0.1) is 34.0 Å². The summed E-state index contributed by atoms with van der Waals surface area (Å²) in [6.45, 7) is 14.3. The first kappa shape index (κ1) is 20.5. The maximum absolute atomic E-state index is 12.8. The van der Waals surface area contributed by atoms with E-state index in [-0.39, 0.29) is 22.6 Å². The molecule has 5 aliphatic rings. The number of hydrogen-bond donors (Lipinski definition) is 0. The Morgan fingerprint density at radius 2 is 1.70 bits per heavy atom. The van der Waals surface area contributed by atoms with Gasteiger partial charge in [0.25, 0.3) is 0 Å². The number of ketones is 2. The van der Waals surface area contributed by atoms with Crippen molar-refractivity contribution < 1.29 is 14.3 Å². The smallest absolute Gasteiger partial charge is 0.232 e. The molecule has 5 rings (SSSR count). The predicted molar refractivity (Wildman–Crippen MR) is 118 cm³/mol. The molecule has 0 aromatic heterocycles. The van der Waals surface area contributed by atoms with Crippen LogP contribution in [0.4, 0.5) is 0 Å². The Kier molecular flexibility index (Phi) is 4.18. The highest BCUT2D eigenvalue weighted by atomic mass is 16.5. The average molecular weight is 411 g/mol. The second-order valence-corrected chi connectivity index (χ2v) is 12.4. The molecule has 0 unspecified atom stereocenters. The van der Waals surface area contributed by atoms with Gasteiger partial charge in [0.05, 0.1) is 0 Å². The molecule has 3 nitrogen and oxygen atoms in total. The number of allylic oxidation sites excluding steroid dienone is 2. The van der Waals surface area contributed by atoms with Gasteiger partial charge in [-0.2, -0.15) is 0 Å². The first-order chi connectivity index (χ1) is 14.0. The molecule has 164 valence electrons. The molecule has 3 saturated carbocycles. The van der Waals surface area contributed by atoms with Gasteiger partial charge in [-0.25, -0.2) is 0 Å². The fourth-order valence-electron chi connectivity index (χ4n) is 9.21. The van der Waals surface area contributed by atoms with Gasteiger partial charge in [0, 0.05) is 17.4 Å². The van der Waals surface area contributed by atoms with Crippen LogP contribution < -0.4 is 0 Å². The SMILES string of the molecule is CC1=CC(=O)C(=O)C2=C1O[C@@]1(C2)[C@@H](C)CC[C@@H]2[C@@]3(C)CCCC(C)(C)[C@@H]3CC[C@]21C. The molecule has 6 atom stereocenters. The van der Waals surface area contributed by atoms with E-state index >= 15 is 0 Å². The summed E-state index contributed by atoms with van der Waals surface area (Å²) in [6, 6.07) is 0. The van der Waals surface area contributed by atoms with Gasteiger partial charge in [-0.05, 0) is 85.7 Å². The Morgan fingerprint density at radius 1 is 0.967 bits per heavy atom. The highest BCUT2D eigenvalue weighted by Crippen LogP contribution is 2.72.